The molecule has 8 heteroatoms. The fraction of sp³-hybridized carbons (Fsp3) is 0.381. The van der Waals surface area contributed by atoms with Gasteiger partial charge in [0.05, 0.1) is 12.0 Å². The second kappa shape index (κ2) is 8.91. The summed E-state index contributed by atoms with van der Waals surface area (Å²) in [5.74, 6) is 2.07. The van der Waals surface area contributed by atoms with Crippen LogP contribution in [-0.2, 0) is 17.9 Å². The van der Waals surface area contributed by atoms with E-state index in [1.165, 1.54) is 0 Å². The van der Waals surface area contributed by atoms with Crippen LogP contribution in [-0.4, -0.2) is 44.7 Å². The van der Waals surface area contributed by atoms with E-state index < -0.39 is 0 Å². The number of piperidine rings is 1. The van der Waals surface area contributed by atoms with Gasteiger partial charge >= 0.3 is 0 Å². The molecule has 0 atom stereocenters. The third-order valence-electron chi connectivity index (χ3n) is 5.21. The highest BCUT2D eigenvalue weighted by atomic mass is 16.5. The minimum atomic E-state index is -0.0192. The van der Waals surface area contributed by atoms with Gasteiger partial charge in [-0.3, -0.25) is 14.3 Å². The third kappa shape index (κ3) is 4.65. The molecule has 0 saturated carbocycles. The molecule has 29 heavy (non-hydrogen) atoms. The fourth-order valence-electron chi connectivity index (χ4n) is 3.63. The van der Waals surface area contributed by atoms with E-state index in [9.17, 15) is 4.79 Å². The molecule has 3 aromatic rings. The van der Waals surface area contributed by atoms with Gasteiger partial charge in [0.1, 0.15) is 12.4 Å². The van der Waals surface area contributed by atoms with E-state index in [0.29, 0.717) is 30.6 Å². The van der Waals surface area contributed by atoms with Crippen molar-refractivity contribution in [3.8, 4) is 11.3 Å². The molecule has 0 radical (unpaired) electrons. The lowest BCUT2D eigenvalue weighted by atomic mass is 9.96. The maximum absolute atomic E-state index is 12.5. The summed E-state index contributed by atoms with van der Waals surface area (Å²) in [6, 6.07) is 7.24. The van der Waals surface area contributed by atoms with Gasteiger partial charge in [0.25, 0.3) is 5.56 Å². The zero-order valence-electron chi connectivity index (χ0n) is 16.4. The molecule has 1 fully saturated rings. The Kier molecular flexibility index (Phi) is 5.90. The Morgan fingerprint density at radius 2 is 1.90 bits per heavy atom. The van der Waals surface area contributed by atoms with E-state index in [-0.39, 0.29) is 5.56 Å². The highest BCUT2D eigenvalue weighted by molar-refractivity contribution is 5.57. The highest BCUT2D eigenvalue weighted by Gasteiger charge is 2.21. The number of methoxy groups -OCH3 is 1. The Balaban J connectivity index is 1.37. The maximum Gasteiger partial charge on any atom is 0.253 e. The van der Waals surface area contributed by atoms with Crippen molar-refractivity contribution in [1.29, 1.82) is 0 Å². The molecule has 0 aliphatic carbocycles. The average molecular weight is 392 g/mol. The quantitative estimate of drug-likeness (QED) is 0.635. The standard InChI is InChI=1S/C21H24N6O2/c1-29-14-19-23-9-4-20(25-19)26-10-5-16(6-11-26)13-27-15-24-18(12-21(27)28)17-2-7-22-8-3-17/h2-4,7-9,12,15-16H,5-6,10-11,13-14H2,1H3. The van der Waals surface area contributed by atoms with E-state index in [2.05, 4.69) is 24.8 Å². The van der Waals surface area contributed by atoms with Crippen molar-refractivity contribution in [2.45, 2.75) is 26.0 Å². The molecule has 1 saturated heterocycles. The summed E-state index contributed by atoms with van der Waals surface area (Å²) in [5.41, 5.74) is 1.56. The molecule has 1 aliphatic rings. The summed E-state index contributed by atoms with van der Waals surface area (Å²) in [4.78, 5) is 32.1. The SMILES string of the molecule is COCc1nccc(N2CCC(Cn3cnc(-c4ccncc4)cc3=O)CC2)n1. The van der Waals surface area contributed by atoms with Crippen molar-refractivity contribution >= 4 is 5.82 Å². The zero-order chi connectivity index (χ0) is 20.1. The largest absolute Gasteiger partial charge is 0.377 e. The third-order valence-corrected chi connectivity index (χ3v) is 5.21. The topological polar surface area (TPSA) is 86.0 Å². The second-order valence-electron chi connectivity index (χ2n) is 7.20. The molecule has 150 valence electrons. The van der Waals surface area contributed by atoms with E-state index in [1.54, 1.807) is 42.7 Å². The van der Waals surface area contributed by atoms with Gasteiger partial charge in [-0.25, -0.2) is 15.0 Å². The minimum absolute atomic E-state index is 0.0192. The van der Waals surface area contributed by atoms with Crippen LogP contribution in [0.15, 0.2) is 54.0 Å². The maximum atomic E-state index is 12.5. The summed E-state index contributed by atoms with van der Waals surface area (Å²) in [5, 5.41) is 0. The molecule has 4 heterocycles. The number of pyridine rings is 1. The molecule has 0 bridgehead atoms. The number of hydrogen-bond acceptors (Lipinski definition) is 7. The molecule has 0 spiro atoms. The Morgan fingerprint density at radius 1 is 1.10 bits per heavy atom. The van der Waals surface area contributed by atoms with Crippen LogP contribution in [0, 0.1) is 5.92 Å². The molecule has 4 rings (SSSR count). The summed E-state index contributed by atoms with van der Waals surface area (Å²) in [6.07, 6.45) is 8.84. The van der Waals surface area contributed by atoms with E-state index in [1.807, 2.05) is 18.2 Å². The summed E-state index contributed by atoms with van der Waals surface area (Å²) >= 11 is 0. The van der Waals surface area contributed by atoms with Gasteiger partial charge in [-0.05, 0) is 37.0 Å². The molecule has 1 aliphatic heterocycles. The smallest absolute Gasteiger partial charge is 0.253 e. The lowest BCUT2D eigenvalue weighted by molar-refractivity contribution is 0.177. The van der Waals surface area contributed by atoms with Gasteiger partial charge in [0.2, 0.25) is 0 Å². The van der Waals surface area contributed by atoms with Gasteiger partial charge in [0, 0.05) is 57.0 Å². The highest BCUT2D eigenvalue weighted by Crippen LogP contribution is 2.23. The van der Waals surface area contributed by atoms with Crippen molar-refractivity contribution in [2.24, 2.45) is 5.92 Å². The van der Waals surface area contributed by atoms with Crippen LogP contribution in [0.25, 0.3) is 11.3 Å². The Hall–Kier alpha value is -3.13. The first kappa shape index (κ1) is 19.2. The van der Waals surface area contributed by atoms with Gasteiger partial charge in [0.15, 0.2) is 5.82 Å². The van der Waals surface area contributed by atoms with Crippen LogP contribution >= 0.6 is 0 Å². The molecule has 3 aromatic heterocycles. The Labute approximate surface area is 169 Å². The van der Waals surface area contributed by atoms with Crippen LogP contribution in [0.5, 0.6) is 0 Å². The lowest BCUT2D eigenvalue weighted by Crippen LogP contribution is -2.37. The molecule has 8 nitrogen and oxygen atoms in total. The van der Waals surface area contributed by atoms with Crippen molar-refractivity contribution in [3.63, 3.8) is 0 Å². The van der Waals surface area contributed by atoms with Crippen LogP contribution in [0.4, 0.5) is 5.82 Å². The number of nitrogens with zero attached hydrogens (tertiary/aromatic N) is 6. The van der Waals surface area contributed by atoms with Crippen LogP contribution in [0.3, 0.4) is 0 Å². The van der Waals surface area contributed by atoms with Crippen molar-refractivity contribution in [1.82, 2.24) is 24.5 Å². The monoisotopic (exact) mass is 392 g/mol. The second-order valence-corrected chi connectivity index (χ2v) is 7.20. The number of rotatable bonds is 6. The van der Waals surface area contributed by atoms with E-state index >= 15 is 0 Å². The molecular weight excluding hydrogens is 368 g/mol. The molecule has 0 aromatic carbocycles. The van der Waals surface area contributed by atoms with Gasteiger partial charge in [-0.1, -0.05) is 0 Å². The van der Waals surface area contributed by atoms with Crippen LogP contribution in [0.2, 0.25) is 0 Å². The van der Waals surface area contributed by atoms with E-state index in [0.717, 1.165) is 37.3 Å². The van der Waals surface area contributed by atoms with Crippen LogP contribution in [0.1, 0.15) is 18.7 Å². The predicted octanol–water partition coefficient (Wildman–Crippen LogP) is 2.16. The van der Waals surface area contributed by atoms with Gasteiger partial charge in [-0.15, -0.1) is 0 Å². The summed E-state index contributed by atoms with van der Waals surface area (Å²) in [7, 11) is 1.64. The van der Waals surface area contributed by atoms with Gasteiger partial charge in [-0.2, -0.15) is 0 Å². The first-order valence-corrected chi connectivity index (χ1v) is 9.75. The summed E-state index contributed by atoms with van der Waals surface area (Å²) < 4.78 is 6.83. The lowest BCUT2D eigenvalue weighted by Gasteiger charge is -2.33. The fourth-order valence-corrected chi connectivity index (χ4v) is 3.63. The van der Waals surface area contributed by atoms with Crippen molar-refractivity contribution in [2.75, 3.05) is 25.1 Å². The number of aromatic nitrogens is 5. The average Bonchev–Trinajstić information content (AvgIpc) is 2.77. The molecule has 0 unspecified atom stereocenters. The number of ether oxygens (including phenoxy) is 1. The normalized spacial score (nSPS) is 14.9. The number of hydrogen-bond donors (Lipinski definition) is 0. The molecular formula is C21H24N6O2. The van der Waals surface area contributed by atoms with E-state index in [4.69, 9.17) is 4.74 Å². The zero-order valence-corrected chi connectivity index (χ0v) is 16.4. The molecule has 0 N–H and O–H groups in total. The minimum Gasteiger partial charge on any atom is -0.377 e. The van der Waals surface area contributed by atoms with Crippen molar-refractivity contribution in [3.05, 3.63) is 65.4 Å². The summed E-state index contributed by atoms with van der Waals surface area (Å²) in [6.45, 7) is 2.92. The van der Waals surface area contributed by atoms with Crippen molar-refractivity contribution < 1.29 is 4.74 Å². The first-order chi connectivity index (χ1) is 14.2. The Bertz CT molecular complexity index is 999. The predicted molar refractivity (Wildman–Crippen MR) is 109 cm³/mol. The van der Waals surface area contributed by atoms with Crippen LogP contribution < -0.4 is 10.5 Å². The van der Waals surface area contributed by atoms with Gasteiger partial charge < -0.3 is 9.64 Å². The number of anilines is 1. The Morgan fingerprint density at radius 3 is 2.62 bits per heavy atom. The molecule has 0 amide bonds. The first-order valence-electron chi connectivity index (χ1n) is 9.75.